The van der Waals surface area contributed by atoms with Gasteiger partial charge in [-0.25, -0.2) is 0 Å². The monoisotopic (exact) mass is 384 g/mol. The second-order valence-corrected chi connectivity index (χ2v) is 8.11. The van der Waals surface area contributed by atoms with Crippen molar-refractivity contribution in [3.63, 3.8) is 0 Å². The van der Waals surface area contributed by atoms with Crippen LogP contribution in [-0.2, 0) is 0 Å². The summed E-state index contributed by atoms with van der Waals surface area (Å²) in [5.74, 6) is 0.0969. The van der Waals surface area contributed by atoms with Crippen molar-refractivity contribution in [2.24, 2.45) is 0 Å². The average Bonchev–Trinajstić information content (AvgIpc) is 3.27. The van der Waals surface area contributed by atoms with Gasteiger partial charge in [0.1, 0.15) is 6.10 Å². The van der Waals surface area contributed by atoms with Gasteiger partial charge in [0.05, 0.1) is 0 Å². The predicted octanol–water partition coefficient (Wildman–Crippen LogP) is 6.27. The van der Waals surface area contributed by atoms with Crippen molar-refractivity contribution < 1.29 is 9.90 Å². The van der Waals surface area contributed by atoms with Crippen LogP contribution in [0.15, 0.2) is 84.9 Å². The number of carbonyl (C=O) groups is 1. The van der Waals surface area contributed by atoms with E-state index in [1.54, 1.807) is 0 Å². The Morgan fingerprint density at radius 3 is 2.03 bits per heavy atom. The molecule has 0 bridgehead atoms. The van der Waals surface area contributed by atoms with Crippen molar-refractivity contribution in [1.82, 2.24) is 0 Å². The molecule has 1 unspecified atom stereocenters. The largest absolute Gasteiger partial charge is 0.384 e. The molecule has 0 saturated carbocycles. The molecule has 0 radical (unpaired) electrons. The normalized spacial score (nSPS) is 15.9. The number of carbonyl (C=O) groups excluding carboxylic acids is 1. The lowest BCUT2D eigenvalue weighted by atomic mass is 9.87. The molecule has 0 saturated heterocycles. The lowest BCUT2D eigenvalue weighted by molar-refractivity contribution is 0.104. The Balaban J connectivity index is 1.77. The van der Waals surface area contributed by atoms with Gasteiger partial charge in [0, 0.05) is 16.7 Å². The maximum atomic E-state index is 13.4. The molecule has 2 nitrogen and oxygen atoms in total. The van der Waals surface area contributed by atoms with Crippen molar-refractivity contribution in [1.29, 1.82) is 0 Å². The first kappa shape index (κ1) is 16.1. The highest BCUT2D eigenvalue weighted by Crippen LogP contribution is 2.52. The molecule has 0 amide bonds. The van der Waals surface area contributed by atoms with Crippen LogP contribution in [-0.4, -0.2) is 10.9 Å². The third-order valence-electron chi connectivity index (χ3n) is 6.71. The van der Waals surface area contributed by atoms with Crippen LogP contribution in [0.2, 0.25) is 0 Å². The number of aliphatic hydroxyl groups excluding tert-OH is 1. The first-order valence-corrected chi connectivity index (χ1v) is 10.2. The fourth-order valence-corrected chi connectivity index (χ4v) is 5.49. The van der Waals surface area contributed by atoms with Crippen molar-refractivity contribution in [2.75, 3.05) is 0 Å². The summed E-state index contributed by atoms with van der Waals surface area (Å²) >= 11 is 0. The minimum Gasteiger partial charge on any atom is -0.384 e. The molecule has 1 atom stereocenters. The van der Waals surface area contributed by atoms with Crippen LogP contribution in [0.1, 0.15) is 33.2 Å². The van der Waals surface area contributed by atoms with Crippen molar-refractivity contribution in [3.8, 4) is 22.3 Å². The Labute approximate surface area is 173 Å². The van der Waals surface area contributed by atoms with E-state index in [1.807, 2.05) is 66.7 Å². The lowest BCUT2D eigenvalue weighted by Crippen LogP contribution is -1.98. The molecular weight excluding hydrogens is 368 g/mol. The summed E-state index contributed by atoms with van der Waals surface area (Å²) in [7, 11) is 0. The van der Waals surface area contributed by atoms with Crippen LogP contribution in [0.25, 0.3) is 43.8 Å². The highest BCUT2D eigenvalue weighted by Gasteiger charge is 2.34. The molecule has 7 rings (SSSR count). The Morgan fingerprint density at radius 2 is 1.20 bits per heavy atom. The quantitative estimate of drug-likeness (QED) is 0.314. The standard InChI is InChI=1S/C28H16O2/c29-27-19-11-5-3-9-17(19)25-22(27)14-13-21-23(25)15-7-1-2-8-16(15)26-24(21)18-10-4-6-12-20(18)28(26)30/h1-14,27,29H. The Hall–Kier alpha value is -3.75. The third kappa shape index (κ3) is 1.76. The minimum atomic E-state index is -0.624. The van der Waals surface area contributed by atoms with E-state index < -0.39 is 6.10 Å². The van der Waals surface area contributed by atoms with Crippen molar-refractivity contribution in [2.45, 2.75) is 6.10 Å². The SMILES string of the molecule is O=C1c2ccccc2-c2c1c1ccccc1c1c3c(ccc21)C(O)c1ccccc1-3. The number of rotatable bonds is 0. The van der Waals surface area contributed by atoms with Gasteiger partial charge in [-0.3, -0.25) is 4.79 Å². The van der Waals surface area contributed by atoms with E-state index in [1.165, 1.54) is 0 Å². The Morgan fingerprint density at radius 1 is 0.533 bits per heavy atom. The van der Waals surface area contributed by atoms with E-state index in [2.05, 4.69) is 18.2 Å². The smallest absolute Gasteiger partial charge is 0.194 e. The zero-order chi connectivity index (χ0) is 20.0. The molecule has 5 aromatic rings. The summed E-state index contributed by atoms with van der Waals surface area (Å²) < 4.78 is 0. The van der Waals surface area contributed by atoms with E-state index in [-0.39, 0.29) is 5.78 Å². The highest BCUT2D eigenvalue weighted by atomic mass is 16.3. The van der Waals surface area contributed by atoms with Gasteiger partial charge in [0.15, 0.2) is 5.78 Å². The van der Waals surface area contributed by atoms with Crippen LogP contribution in [0.3, 0.4) is 0 Å². The molecule has 2 aliphatic carbocycles. The van der Waals surface area contributed by atoms with Crippen LogP contribution in [0, 0.1) is 0 Å². The summed E-state index contributed by atoms with van der Waals surface area (Å²) in [6.45, 7) is 0. The zero-order valence-electron chi connectivity index (χ0n) is 16.0. The number of aliphatic hydroxyl groups is 1. The minimum absolute atomic E-state index is 0.0969. The van der Waals surface area contributed by atoms with E-state index in [0.717, 1.165) is 66.1 Å². The van der Waals surface area contributed by atoms with Gasteiger partial charge in [-0.1, -0.05) is 84.9 Å². The molecule has 140 valence electrons. The first-order chi connectivity index (χ1) is 14.8. The van der Waals surface area contributed by atoms with Gasteiger partial charge < -0.3 is 5.11 Å². The van der Waals surface area contributed by atoms with Gasteiger partial charge in [-0.2, -0.15) is 0 Å². The van der Waals surface area contributed by atoms with E-state index >= 15 is 0 Å². The topological polar surface area (TPSA) is 37.3 Å². The van der Waals surface area contributed by atoms with Crippen LogP contribution >= 0.6 is 0 Å². The molecule has 0 aromatic heterocycles. The third-order valence-corrected chi connectivity index (χ3v) is 6.71. The maximum Gasteiger partial charge on any atom is 0.194 e. The van der Waals surface area contributed by atoms with Gasteiger partial charge in [0.2, 0.25) is 0 Å². The van der Waals surface area contributed by atoms with E-state index in [0.29, 0.717) is 0 Å². The molecule has 0 aliphatic heterocycles. The molecule has 0 heterocycles. The highest BCUT2D eigenvalue weighted by molar-refractivity contribution is 6.35. The molecule has 5 aromatic carbocycles. The molecule has 2 aliphatic rings. The number of benzene rings is 5. The molecular formula is C28H16O2. The van der Waals surface area contributed by atoms with Crippen LogP contribution < -0.4 is 0 Å². The fraction of sp³-hybridized carbons (Fsp3) is 0.0357. The molecule has 0 fully saturated rings. The predicted molar refractivity (Wildman–Crippen MR) is 120 cm³/mol. The molecule has 30 heavy (non-hydrogen) atoms. The Bertz CT molecular complexity index is 1580. The van der Waals surface area contributed by atoms with Crippen molar-refractivity contribution in [3.05, 3.63) is 107 Å². The molecule has 0 spiro atoms. The molecule has 1 N–H and O–H groups in total. The zero-order valence-corrected chi connectivity index (χ0v) is 16.0. The second kappa shape index (κ2) is 5.44. The van der Waals surface area contributed by atoms with Gasteiger partial charge in [0.25, 0.3) is 0 Å². The van der Waals surface area contributed by atoms with Gasteiger partial charge in [-0.05, 0) is 49.4 Å². The summed E-state index contributed by atoms with van der Waals surface area (Å²) in [5.41, 5.74) is 7.63. The second-order valence-electron chi connectivity index (χ2n) is 8.11. The number of ketones is 1. The summed E-state index contributed by atoms with van der Waals surface area (Å²) in [4.78, 5) is 13.4. The number of hydrogen-bond donors (Lipinski definition) is 1. The van der Waals surface area contributed by atoms with Gasteiger partial charge in [-0.15, -0.1) is 0 Å². The Kier molecular flexibility index (Phi) is 2.92. The lowest BCUT2D eigenvalue weighted by Gasteiger charge is -2.16. The van der Waals surface area contributed by atoms with Crippen LogP contribution in [0.5, 0.6) is 0 Å². The van der Waals surface area contributed by atoms with Crippen molar-refractivity contribution >= 4 is 27.3 Å². The van der Waals surface area contributed by atoms with E-state index in [4.69, 9.17) is 0 Å². The number of hydrogen-bond acceptors (Lipinski definition) is 2. The average molecular weight is 384 g/mol. The maximum absolute atomic E-state index is 13.4. The first-order valence-electron chi connectivity index (χ1n) is 10.2. The summed E-state index contributed by atoms with van der Waals surface area (Å²) in [6, 6.07) is 28.3. The molecule has 2 heteroatoms. The van der Waals surface area contributed by atoms with Gasteiger partial charge >= 0.3 is 0 Å². The number of fused-ring (bicyclic) bond motifs is 12. The van der Waals surface area contributed by atoms with E-state index in [9.17, 15) is 9.90 Å². The fourth-order valence-electron chi connectivity index (χ4n) is 5.49. The van der Waals surface area contributed by atoms with Crippen LogP contribution in [0.4, 0.5) is 0 Å². The summed E-state index contributed by atoms with van der Waals surface area (Å²) in [5, 5.41) is 15.2. The summed E-state index contributed by atoms with van der Waals surface area (Å²) in [6.07, 6.45) is -0.624.